The summed E-state index contributed by atoms with van der Waals surface area (Å²) >= 11 is 1.19. The van der Waals surface area contributed by atoms with Crippen molar-refractivity contribution in [3.8, 4) is 11.5 Å². The lowest BCUT2D eigenvalue weighted by molar-refractivity contribution is -0.147. The number of carbonyl (C=O) groups is 1. The molecule has 0 bridgehead atoms. The van der Waals surface area contributed by atoms with Gasteiger partial charge in [-0.15, -0.1) is 0 Å². The quantitative estimate of drug-likeness (QED) is 0.129. The Morgan fingerprint density at radius 3 is 2.26 bits per heavy atom. The normalized spacial score (nSPS) is 11.9. The Morgan fingerprint density at radius 1 is 0.949 bits per heavy atom. The number of benzene rings is 3. The van der Waals surface area contributed by atoms with Crippen LogP contribution in [0.4, 0.5) is 0 Å². The molecule has 0 aliphatic carbocycles. The van der Waals surface area contributed by atoms with Crippen molar-refractivity contribution >= 4 is 33.2 Å². The third-order valence-corrected chi connectivity index (χ3v) is 7.31. The Labute approximate surface area is 231 Å². The van der Waals surface area contributed by atoms with Crippen LogP contribution in [0.25, 0.3) is 10.2 Å². The summed E-state index contributed by atoms with van der Waals surface area (Å²) in [5.74, 6) is 0.561. The van der Waals surface area contributed by atoms with Gasteiger partial charge in [0, 0.05) is 11.1 Å². The Morgan fingerprint density at radius 2 is 1.62 bits per heavy atom. The minimum atomic E-state index is -0.805. The summed E-state index contributed by atoms with van der Waals surface area (Å²) < 4.78 is 14.2. The molecule has 0 unspecified atom stereocenters. The van der Waals surface area contributed by atoms with Gasteiger partial charge in [0.25, 0.3) is 0 Å². The largest absolute Gasteiger partial charge is 0.494 e. The maximum Gasteiger partial charge on any atom is 0.309 e. The van der Waals surface area contributed by atoms with E-state index in [0.29, 0.717) is 49.8 Å². The Bertz CT molecular complexity index is 1490. The summed E-state index contributed by atoms with van der Waals surface area (Å²) in [5.41, 5.74) is 2.58. The fourth-order valence-corrected chi connectivity index (χ4v) is 5.04. The lowest BCUT2D eigenvalue weighted by Gasteiger charge is -2.18. The molecule has 3 aromatic carbocycles. The highest BCUT2D eigenvalue weighted by atomic mass is 32.1. The number of thiazole rings is 1. The first-order chi connectivity index (χ1) is 18.8. The van der Waals surface area contributed by atoms with E-state index in [1.807, 2.05) is 72.8 Å². The van der Waals surface area contributed by atoms with Crippen molar-refractivity contribution in [3.05, 3.63) is 93.6 Å². The number of aromatic nitrogens is 1. The fraction of sp³-hybridized carbons (Fsp3) is 0.300. The average Bonchev–Trinajstić information content (AvgIpc) is 3.25. The van der Waals surface area contributed by atoms with Crippen LogP contribution in [0.5, 0.6) is 11.5 Å². The highest BCUT2D eigenvalue weighted by Gasteiger charge is 2.26. The molecule has 39 heavy (non-hydrogen) atoms. The molecule has 9 heteroatoms. The van der Waals surface area contributed by atoms with Gasteiger partial charge in [0.15, 0.2) is 0 Å². The minimum absolute atomic E-state index is 0.0504. The molecule has 0 atom stereocenters. The van der Waals surface area contributed by atoms with Crippen LogP contribution >= 0.6 is 11.3 Å². The molecule has 0 amide bonds. The summed E-state index contributed by atoms with van der Waals surface area (Å²) in [5, 5.41) is 13.4. The lowest BCUT2D eigenvalue weighted by Crippen LogP contribution is -2.24. The van der Waals surface area contributed by atoms with Gasteiger partial charge in [-0.2, -0.15) is 0 Å². The maximum atomic E-state index is 12.7. The lowest BCUT2D eigenvalue weighted by atomic mass is 9.88. The van der Waals surface area contributed by atoms with E-state index >= 15 is 0 Å². The van der Waals surface area contributed by atoms with E-state index in [9.17, 15) is 14.7 Å². The van der Waals surface area contributed by atoms with E-state index in [-0.39, 0.29) is 4.87 Å². The molecule has 4 rings (SSSR count). The molecule has 0 fully saturated rings. The number of ether oxygens (including phenoxy) is 2. The highest BCUT2D eigenvalue weighted by molar-refractivity contribution is 7.16. The van der Waals surface area contributed by atoms with E-state index in [1.54, 1.807) is 18.4 Å². The van der Waals surface area contributed by atoms with E-state index in [2.05, 4.69) is 5.16 Å². The SMILES string of the molecule is CON=C(c1ccccc1)c1ccc2c(c1)sc(=O)n2CCOc1ccc(OCCCC(C)(C)C(=O)O)cc1. The van der Waals surface area contributed by atoms with Crippen LogP contribution in [-0.4, -0.2) is 41.7 Å². The second-order valence-electron chi connectivity index (χ2n) is 9.65. The van der Waals surface area contributed by atoms with Crippen LogP contribution in [0.15, 0.2) is 82.7 Å². The topological polar surface area (TPSA) is 99.4 Å². The molecule has 0 spiro atoms. The highest BCUT2D eigenvalue weighted by Crippen LogP contribution is 2.24. The Balaban J connectivity index is 1.34. The first-order valence-electron chi connectivity index (χ1n) is 12.7. The number of oxime groups is 1. The van der Waals surface area contributed by atoms with E-state index in [1.165, 1.54) is 18.4 Å². The molecule has 1 N–H and O–H groups in total. The molecular weight excluding hydrogens is 516 g/mol. The average molecular weight is 549 g/mol. The van der Waals surface area contributed by atoms with Gasteiger partial charge in [-0.05, 0) is 63.1 Å². The van der Waals surface area contributed by atoms with Gasteiger partial charge in [0.2, 0.25) is 0 Å². The Hall–Kier alpha value is -4.11. The molecule has 8 nitrogen and oxygen atoms in total. The first-order valence-corrected chi connectivity index (χ1v) is 13.5. The summed E-state index contributed by atoms with van der Waals surface area (Å²) in [4.78, 5) is 29.0. The number of carboxylic acid groups (broad SMARTS) is 1. The van der Waals surface area contributed by atoms with Gasteiger partial charge in [-0.25, -0.2) is 0 Å². The molecule has 0 saturated heterocycles. The minimum Gasteiger partial charge on any atom is -0.494 e. The molecule has 0 radical (unpaired) electrons. The standard InChI is InChI=1S/C30H32N2O6S/c1-30(2,28(33)34)16-7-18-37-23-11-13-24(14-12-23)38-19-17-32-25-15-10-22(20-26(25)39-29(32)35)27(31-36-3)21-8-5-4-6-9-21/h4-6,8-15,20H,7,16-19H2,1-3H3,(H,33,34). The van der Waals surface area contributed by atoms with Crippen molar-refractivity contribution in [2.45, 2.75) is 33.2 Å². The van der Waals surface area contributed by atoms with E-state index in [4.69, 9.17) is 14.3 Å². The summed E-state index contributed by atoms with van der Waals surface area (Å²) in [6.45, 7) is 4.61. The van der Waals surface area contributed by atoms with Gasteiger partial charge >= 0.3 is 10.8 Å². The summed E-state index contributed by atoms with van der Waals surface area (Å²) in [7, 11) is 1.52. The van der Waals surface area contributed by atoms with Crippen LogP contribution in [0, 0.1) is 5.41 Å². The maximum absolute atomic E-state index is 12.7. The number of aliphatic carboxylic acids is 1. The number of rotatable bonds is 13. The van der Waals surface area contributed by atoms with Gasteiger partial charge in [-0.1, -0.05) is 52.9 Å². The van der Waals surface area contributed by atoms with Crippen LogP contribution in [0.2, 0.25) is 0 Å². The molecule has 1 aromatic heterocycles. The molecule has 4 aromatic rings. The van der Waals surface area contributed by atoms with Crippen molar-refractivity contribution in [1.29, 1.82) is 0 Å². The van der Waals surface area contributed by atoms with Gasteiger partial charge < -0.3 is 19.4 Å². The summed E-state index contributed by atoms with van der Waals surface area (Å²) in [6.07, 6.45) is 1.19. The van der Waals surface area contributed by atoms with Crippen LogP contribution in [-0.2, 0) is 16.2 Å². The van der Waals surface area contributed by atoms with Crippen molar-refractivity contribution in [2.75, 3.05) is 20.3 Å². The zero-order valence-corrected chi connectivity index (χ0v) is 23.1. The van der Waals surface area contributed by atoms with Gasteiger partial charge in [0.05, 0.1) is 28.8 Å². The van der Waals surface area contributed by atoms with Crippen LogP contribution in [0.3, 0.4) is 0 Å². The molecular formula is C30H32N2O6S. The summed E-state index contributed by atoms with van der Waals surface area (Å²) in [6, 6.07) is 22.9. The second-order valence-corrected chi connectivity index (χ2v) is 10.6. The second kappa shape index (κ2) is 12.6. The van der Waals surface area contributed by atoms with Crippen LogP contribution in [0.1, 0.15) is 37.8 Å². The predicted molar refractivity (Wildman–Crippen MR) is 153 cm³/mol. The van der Waals surface area contributed by atoms with Gasteiger partial charge in [-0.3, -0.25) is 14.2 Å². The molecule has 0 saturated carbocycles. The molecule has 204 valence electrons. The van der Waals surface area contributed by atoms with Crippen molar-refractivity contribution < 1.29 is 24.2 Å². The first kappa shape index (κ1) is 27.9. The van der Waals surface area contributed by atoms with Gasteiger partial charge in [0.1, 0.15) is 30.9 Å². The number of nitrogens with zero attached hydrogens (tertiary/aromatic N) is 2. The third-order valence-electron chi connectivity index (χ3n) is 6.37. The molecule has 0 aliphatic heterocycles. The molecule has 0 aliphatic rings. The number of fused-ring (bicyclic) bond motifs is 1. The van der Waals surface area contributed by atoms with Crippen molar-refractivity contribution in [1.82, 2.24) is 4.57 Å². The van der Waals surface area contributed by atoms with Crippen molar-refractivity contribution in [3.63, 3.8) is 0 Å². The monoisotopic (exact) mass is 548 g/mol. The smallest absolute Gasteiger partial charge is 0.309 e. The third kappa shape index (κ3) is 7.06. The van der Waals surface area contributed by atoms with E-state index < -0.39 is 11.4 Å². The molecule has 1 heterocycles. The number of hydrogen-bond donors (Lipinski definition) is 1. The van der Waals surface area contributed by atoms with Crippen molar-refractivity contribution in [2.24, 2.45) is 10.6 Å². The zero-order chi connectivity index (χ0) is 27.8. The number of carboxylic acids is 1. The van der Waals surface area contributed by atoms with E-state index in [0.717, 1.165) is 21.3 Å². The predicted octanol–water partition coefficient (Wildman–Crippen LogP) is 5.81. The Kier molecular flexibility index (Phi) is 9.03. The number of hydrogen-bond acceptors (Lipinski definition) is 7. The van der Waals surface area contributed by atoms with Crippen LogP contribution < -0.4 is 14.3 Å². The fourth-order valence-electron chi connectivity index (χ4n) is 4.08. The zero-order valence-electron chi connectivity index (χ0n) is 22.3.